The summed E-state index contributed by atoms with van der Waals surface area (Å²) in [6.45, 7) is 6.88. The summed E-state index contributed by atoms with van der Waals surface area (Å²) in [4.78, 5) is 9.38. The molecule has 1 aliphatic heterocycles. The number of likely N-dealkylation sites (N-methyl/N-ethyl adjacent to an activating group) is 1. The number of hydrogen-bond donors (Lipinski definition) is 0. The van der Waals surface area contributed by atoms with Crippen molar-refractivity contribution in [2.75, 3.05) is 38.1 Å². The maximum atomic E-state index is 4.57. The van der Waals surface area contributed by atoms with Gasteiger partial charge in [-0.05, 0) is 44.0 Å². The summed E-state index contributed by atoms with van der Waals surface area (Å²) in [6, 6.07) is 2.21. The second-order valence-electron chi connectivity index (χ2n) is 5.09. The van der Waals surface area contributed by atoms with Gasteiger partial charge in [0.2, 0.25) is 0 Å². The van der Waals surface area contributed by atoms with Crippen LogP contribution in [0.4, 0.5) is 5.82 Å². The van der Waals surface area contributed by atoms with Gasteiger partial charge in [0.25, 0.3) is 0 Å². The maximum absolute atomic E-state index is 4.57. The SMILES string of the molecule is Cc1cc(CBr)cnc1N(C)CCN1CCCC1. The fraction of sp³-hybridized carbons (Fsp3) is 0.643. The van der Waals surface area contributed by atoms with Crippen LogP contribution in [0.3, 0.4) is 0 Å². The Morgan fingerprint density at radius 3 is 2.72 bits per heavy atom. The molecule has 18 heavy (non-hydrogen) atoms. The lowest BCUT2D eigenvalue weighted by molar-refractivity contribution is 0.346. The van der Waals surface area contributed by atoms with Gasteiger partial charge in [0.05, 0.1) is 0 Å². The zero-order valence-corrected chi connectivity index (χ0v) is 12.9. The van der Waals surface area contributed by atoms with E-state index in [-0.39, 0.29) is 0 Å². The molecular weight excluding hydrogens is 290 g/mol. The molecule has 0 N–H and O–H groups in total. The molecule has 3 nitrogen and oxygen atoms in total. The summed E-state index contributed by atoms with van der Waals surface area (Å²) in [5.74, 6) is 1.11. The van der Waals surface area contributed by atoms with Crippen LogP contribution in [0.1, 0.15) is 24.0 Å². The lowest BCUT2D eigenvalue weighted by atomic mass is 10.2. The number of aromatic nitrogens is 1. The van der Waals surface area contributed by atoms with Gasteiger partial charge in [-0.1, -0.05) is 22.0 Å². The Morgan fingerprint density at radius 2 is 2.11 bits per heavy atom. The molecular formula is C14H22BrN3. The van der Waals surface area contributed by atoms with Gasteiger partial charge in [0, 0.05) is 31.7 Å². The van der Waals surface area contributed by atoms with Gasteiger partial charge in [0.1, 0.15) is 5.82 Å². The Kier molecular flexibility index (Phi) is 5.01. The lowest BCUT2D eigenvalue weighted by Gasteiger charge is -2.23. The van der Waals surface area contributed by atoms with E-state index in [1.54, 1.807) is 0 Å². The fourth-order valence-corrected chi connectivity index (χ4v) is 2.81. The zero-order chi connectivity index (χ0) is 13.0. The lowest BCUT2D eigenvalue weighted by Crippen LogP contribution is -2.32. The number of aryl methyl sites for hydroxylation is 1. The van der Waals surface area contributed by atoms with Gasteiger partial charge in [0.15, 0.2) is 0 Å². The van der Waals surface area contributed by atoms with Crippen molar-refractivity contribution in [1.29, 1.82) is 0 Å². The molecule has 0 aliphatic carbocycles. The van der Waals surface area contributed by atoms with Crippen LogP contribution in [-0.2, 0) is 5.33 Å². The van der Waals surface area contributed by atoms with Crippen LogP contribution in [0.25, 0.3) is 0 Å². The molecule has 100 valence electrons. The van der Waals surface area contributed by atoms with Crippen molar-refractivity contribution in [2.24, 2.45) is 0 Å². The summed E-state index contributed by atoms with van der Waals surface area (Å²) in [7, 11) is 2.14. The Labute approximate surface area is 118 Å². The molecule has 0 aromatic carbocycles. The summed E-state index contributed by atoms with van der Waals surface area (Å²) in [6.07, 6.45) is 4.69. The Hall–Kier alpha value is -0.610. The second kappa shape index (κ2) is 6.53. The van der Waals surface area contributed by atoms with Gasteiger partial charge in [-0.2, -0.15) is 0 Å². The highest BCUT2D eigenvalue weighted by molar-refractivity contribution is 9.08. The molecule has 0 saturated carbocycles. The molecule has 1 aromatic rings. The predicted molar refractivity (Wildman–Crippen MR) is 80.5 cm³/mol. The molecule has 0 spiro atoms. The number of anilines is 1. The third-order valence-corrected chi connectivity index (χ3v) is 4.22. The fourth-order valence-electron chi connectivity index (χ4n) is 2.50. The summed E-state index contributed by atoms with van der Waals surface area (Å²) < 4.78 is 0. The molecule has 1 saturated heterocycles. The van der Waals surface area contributed by atoms with Crippen LogP contribution >= 0.6 is 15.9 Å². The van der Waals surface area contributed by atoms with Gasteiger partial charge in [-0.15, -0.1) is 0 Å². The van der Waals surface area contributed by atoms with Crippen LogP contribution in [0.2, 0.25) is 0 Å². The Balaban J connectivity index is 1.93. The zero-order valence-electron chi connectivity index (χ0n) is 11.3. The van der Waals surface area contributed by atoms with Crippen LogP contribution < -0.4 is 4.90 Å². The topological polar surface area (TPSA) is 19.4 Å². The second-order valence-corrected chi connectivity index (χ2v) is 5.65. The molecule has 1 aliphatic rings. The molecule has 0 atom stereocenters. The molecule has 1 aromatic heterocycles. The molecule has 0 unspecified atom stereocenters. The van der Waals surface area contributed by atoms with E-state index in [9.17, 15) is 0 Å². The molecule has 4 heteroatoms. The third-order valence-electron chi connectivity index (χ3n) is 3.57. The number of nitrogens with zero attached hydrogens (tertiary/aromatic N) is 3. The molecule has 2 rings (SSSR count). The van der Waals surface area contributed by atoms with Crippen molar-refractivity contribution in [3.8, 4) is 0 Å². The number of rotatable bonds is 5. The summed E-state index contributed by atoms with van der Waals surface area (Å²) in [5, 5.41) is 0.874. The van der Waals surface area contributed by atoms with Crippen molar-refractivity contribution in [1.82, 2.24) is 9.88 Å². The predicted octanol–water partition coefficient (Wildman–Crippen LogP) is 2.82. The average molecular weight is 312 g/mol. The van der Waals surface area contributed by atoms with Crippen LogP contribution in [0, 0.1) is 6.92 Å². The molecule has 0 amide bonds. The van der Waals surface area contributed by atoms with E-state index in [1.807, 2.05) is 6.20 Å². The standard InChI is InChI=1S/C14H22BrN3/c1-12-9-13(10-15)11-16-14(12)17(2)7-8-18-5-3-4-6-18/h9,11H,3-8,10H2,1-2H3. The Bertz CT molecular complexity index is 389. The summed E-state index contributed by atoms with van der Waals surface area (Å²) in [5.41, 5.74) is 2.50. The first-order valence-corrected chi connectivity index (χ1v) is 7.78. The van der Waals surface area contributed by atoms with Crippen molar-refractivity contribution in [3.05, 3.63) is 23.4 Å². The number of alkyl halides is 1. The van der Waals surface area contributed by atoms with E-state index in [0.717, 1.165) is 24.2 Å². The van der Waals surface area contributed by atoms with Crippen molar-refractivity contribution >= 4 is 21.7 Å². The van der Waals surface area contributed by atoms with E-state index in [1.165, 1.54) is 37.1 Å². The van der Waals surface area contributed by atoms with Gasteiger partial charge >= 0.3 is 0 Å². The summed E-state index contributed by atoms with van der Waals surface area (Å²) >= 11 is 3.47. The number of halogens is 1. The first kappa shape index (κ1) is 13.8. The first-order valence-electron chi connectivity index (χ1n) is 6.65. The third kappa shape index (κ3) is 3.45. The van der Waals surface area contributed by atoms with E-state index in [0.29, 0.717) is 0 Å². The smallest absolute Gasteiger partial charge is 0.131 e. The van der Waals surface area contributed by atoms with E-state index in [4.69, 9.17) is 0 Å². The molecule has 0 bridgehead atoms. The minimum absolute atomic E-state index is 0.874. The quantitative estimate of drug-likeness (QED) is 0.780. The van der Waals surface area contributed by atoms with Crippen LogP contribution in [0.15, 0.2) is 12.3 Å². The highest BCUT2D eigenvalue weighted by Gasteiger charge is 2.13. The minimum Gasteiger partial charge on any atom is -0.358 e. The number of likely N-dealkylation sites (tertiary alicyclic amines) is 1. The highest BCUT2D eigenvalue weighted by atomic mass is 79.9. The van der Waals surface area contributed by atoms with Crippen LogP contribution in [0.5, 0.6) is 0 Å². The van der Waals surface area contributed by atoms with Crippen molar-refractivity contribution in [3.63, 3.8) is 0 Å². The molecule has 1 fully saturated rings. The first-order chi connectivity index (χ1) is 8.70. The molecule has 0 radical (unpaired) electrons. The van der Waals surface area contributed by atoms with Gasteiger partial charge < -0.3 is 9.80 Å². The highest BCUT2D eigenvalue weighted by Crippen LogP contribution is 2.18. The maximum Gasteiger partial charge on any atom is 0.131 e. The number of hydrogen-bond acceptors (Lipinski definition) is 3. The van der Waals surface area contributed by atoms with Crippen LogP contribution in [-0.4, -0.2) is 43.1 Å². The monoisotopic (exact) mass is 311 g/mol. The number of pyridine rings is 1. The van der Waals surface area contributed by atoms with Crippen molar-refractivity contribution < 1.29 is 0 Å². The Morgan fingerprint density at radius 1 is 1.39 bits per heavy atom. The normalized spacial score (nSPS) is 16.2. The van der Waals surface area contributed by atoms with E-state index < -0.39 is 0 Å². The van der Waals surface area contributed by atoms with E-state index >= 15 is 0 Å². The van der Waals surface area contributed by atoms with Crippen molar-refractivity contribution in [2.45, 2.75) is 25.1 Å². The van der Waals surface area contributed by atoms with E-state index in [2.05, 4.69) is 50.8 Å². The molecule has 2 heterocycles. The van der Waals surface area contributed by atoms with Gasteiger partial charge in [-0.25, -0.2) is 4.98 Å². The minimum atomic E-state index is 0.874. The van der Waals surface area contributed by atoms with Gasteiger partial charge in [-0.3, -0.25) is 0 Å². The largest absolute Gasteiger partial charge is 0.358 e. The average Bonchev–Trinajstić information content (AvgIpc) is 2.88.